The molecule has 1 aliphatic rings. The van der Waals surface area contributed by atoms with Gasteiger partial charge in [0.25, 0.3) is 0 Å². The minimum Gasteiger partial charge on any atom is -0.490 e. The van der Waals surface area contributed by atoms with E-state index in [1.807, 2.05) is 0 Å². The second-order valence-corrected chi connectivity index (χ2v) is 6.76. The van der Waals surface area contributed by atoms with Gasteiger partial charge in [0.2, 0.25) is 5.91 Å². The van der Waals surface area contributed by atoms with E-state index >= 15 is 0 Å². The molecule has 1 aromatic carbocycles. The Balaban J connectivity index is 1.85. The number of nitrogens with one attached hydrogen (secondary N) is 3. The molecule has 0 heterocycles. The van der Waals surface area contributed by atoms with Crippen molar-refractivity contribution < 1.29 is 14.3 Å². The molecule has 2 rings (SSSR count). The zero-order valence-corrected chi connectivity index (χ0v) is 16.6. The highest BCUT2D eigenvalue weighted by Gasteiger charge is 2.18. The van der Waals surface area contributed by atoms with Crippen molar-refractivity contribution in [2.75, 3.05) is 33.9 Å². The van der Waals surface area contributed by atoms with E-state index in [0.717, 1.165) is 24.2 Å². The van der Waals surface area contributed by atoms with Crippen LogP contribution < -0.4 is 20.7 Å². The van der Waals surface area contributed by atoms with E-state index in [0.29, 0.717) is 31.8 Å². The van der Waals surface area contributed by atoms with Gasteiger partial charge in [-0.15, -0.1) is 0 Å². The average Bonchev–Trinajstić information content (AvgIpc) is 3.16. The maximum absolute atomic E-state index is 11.8. The summed E-state index contributed by atoms with van der Waals surface area (Å²) >= 11 is 0. The van der Waals surface area contributed by atoms with Gasteiger partial charge in [-0.1, -0.05) is 12.1 Å². The Kier molecular flexibility index (Phi) is 8.91. The summed E-state index contributed by atoms with van der Waals surface area (Å²) in [5, 5.41) is 9.03. The summed E-state index contributed by atoms with van der Waals surface area (Å²) in [5.74, 6) is 1.40. The molecule has 0 atom stereocenters. The van der Waals surface area contributed by atoms with Crippen molar-refractivity contribution >= 4 is 11.9 Å². The Morgan fingerprint density at radius 1 is 1.22 bits per heavy atom. The van der Waals surface area contributed by atoms with E-state index in [1.54, 1.807) is 14.2 Å². The van der Waals surface area contributed by atoms with Crippen LogP contribution in [0.5, 0.6) is 5.75 Å². The minimum atomic E-state index is -0.101. The molecule has 0 aliphatic heterocycles. The third-order valence-electron chi connectivity index (χ3n) is 4.53. The summed E-state index contributed by atoms with van der Waals surface area (Å²) in [6.07, 6.45) is 5.06. The summed E-state index contributed by atoms with van der Waals surface area (Å²) in [4.78, 5) is 15.9. The van der Waals surface area contributed by atoms with E-state index in [2.05, 4.69) is 46.1 Å². The van der Waals surface area contributed by atoms with Crippen LogP contribution in [0, 0.1) is 6.92 Å². The smallest absolute Gasteiger partial charge is 0.239 e. The maximum atomic E-state index is 11.8. The Morgan fingerprint density at radius 2 is 2.00 bits per heavy atom. The summed E-state index contributed by atoms with van der Waals surface area (Å²) in [6, 6.07) is 6.25. The molecule has 0 saturated heterocycles. The molecule has 0 spiro atoms. The molecule has 0 aromatic heterocycles. The Labute approximate surface area is 161 Å². The first-order valence-electron chi connectivity index (χ1n) is 9.58. The Morgan fingerprint density at radius 3 is 2.70 bits per heavy atom. The Bertz CT molecular complexity index is 628. The molecule has 7 heteroatoms. The average molecular weight is 377 g/mol. The molecular formula is C20H32N4O3. The third-order valence-corrected chi connectivity index (χ3v) is 4.53. The highest BCUT2D eigenvalue weighted by Crippen LogP contribution is 2.27. The van der Waals surface area contributed by atoms with Crippen molar-refractivity contribution in [2.45, 2.75) is 45.3 Å². The molecule has 7 nitrogen and oxygen atoms in total. The van der Waals surface area contributed by atoms with Gasteiger partial charge in [-0.25, -0.2) is 0 Å². The molecule has 1 aromatic rings. The first-order valence-corrected chi connectivity index (χ1v) is 9.58. The van der Waals surface area contributed by atoms with Crippen molar-refractivity contribution in [1.29, 1.82) is 0 Å². The lowest BCUT2D eigenvalue weighted by atomic mass is 10.1. The van der Waals surface area contributed by atoms with Crippen LogP contribution >= 0.6 is 0 Å². The molecule has 3 N–H and O–H groups in total. The van der Waals surface area contributed by atoms with Gasteiger partial charge in [0, 0.05) is 32.8 Å². The summed E-state index contributed by atoms with van der Waals surface area (Å²) in [7, 11) is 3.29. The fraction of sp³-hybridized carbons (Fsp3) is 0.600. The van der Waals surface area contributed by atoms with Crippen molar-refractivity contribution in [1.82, 2.24) is 16.0 Å². The van der Waals surface area contributed by atoms with E-state index < -0.39 is 0 Å². The predicted molar refractivity (Wildman–Crippen MR) is 107 cm³/mol. The molecule has 150 valence electrons. The van der Waals surface area contributed by atoms with Crippen LogP contribution in [0.15, 0.2) is 23.2 Å². The SMILES string of the molecule is CN=C(NCC(=O)NCCOC)NCc1ccc(C)cc1OC1CCCC1. The molecule has 1 fully saturated rings. The first-order chi connectivity index (χ1) is 13.1. The van der Waals surface area contributed by atoms with Crippen LogP contribution in [-0.2, 0) is 16.1 Å². The number of hydrogen-bond donors (Lipinski definition) is 3. The molecule has 27 heavy (non-hydrogen) atoms. The number of carbonyl (C=O) groups is 1. The maximum Gasteiger partial charge on any atom is 0.239 e. The molecule has 0 unspecified atom stereocenters. The Hall–Kier alpha value is -2.28. The lowest BCUT2D eigenvalue weighted by molar-refractivity contribution is -0.120. The van der Waals surface area contributed by atoms with Gasteiger partial charge in [0.1, 0.15) is 5.75 Å². The van der Waals surface area contributed by atoms with E-state index in [-0.39, 0.29) is 12.5 Å². The molecule has 1 aliphatic carbocycles. The summed E-state index contributed by atoms with van der Waals surface area (Å²) in [6.45, 7) is 3.79. The number of benzene rings is 1. The van der Waals surface area contributed by atoms with E-state index in [1.165, 1.54) is 18.4 Å². The molecule has 1 amide bonds. The summed E-state index contributed by atoms with van der Waals surface area (Å²) < 4.78 is 11.1. The van der Waals surface area contributed by atoms with Gasteiger partial charge >= 0.3 is 0 Å². The molecular weight excluding hydrogens is 344 g/mol. The monoisotopic (exact) mass is 376 g/mol. The van der Waals surface area contributed by atoms with Gasteiger partial charge < -0.3 is 25.4 Å². The fourth-order valence-electron chi connectivity index (χ4n) is 3.02. The number of ether oxygens (including phenoxy) is 2. The number of hydrogen-bond acceptors (Lipinski definition) is 4. The van der Waals surface area contributed by atoms with Crippen LogP contribution in [0.4, 0.5) is 0 Å². The second kappa shape index (κ2) is 11.4. The number of nitrogens with zero attached hydrogens (tertiary/aromatic N) is 1. The number of amides is 1. The number of rotatable bonds is 9. The van der Waals surface area contributed by atoms with Gasteiger partial charge in [-0.05, 0) is 44.2 Å². The normalized spacial score (nSPS) is 14.9. The lowest BCUT2D eigenvalue weighted by Crippen LogP contribution is -2.43. The highest BCUT2D eigenvalue weighted by molar-refractivity contribution is 5.86. The van der Waals surface area contributed by atoms with Crippen molar-refractivity contribution in [3.8, 4) is 5.75 Å². The summed E-state index contributed by atoms with van der Waals surface area (Å²) in [5.41, 5.74) is 2.27. The van der Waals surface area contributed by atoms with Gasteiger partial charge in [0.15, 0.2) is 5.96 Å². The predicted octanol–water partition coefficient (Wildman–Crippen LogP) is 1.74. The first kappa shape index (κ1) is 21.0. The van der Waals surface area contributed by atoms with Crippen LogP contribution in [-0.4, -0.2) is 51.8 Å². The van der Waals surface area contributed by atoms with Gasteiger partial charge in [0.05, 0.1) is 19.3 Å². The fourth-order valence-corrected chi connectivity index (χ4v) is 3.02. The number of methoxy groups -OCH3 is 1. The molecule has 1 saturated carbocycles. The quantitative estimate of drug-likeness (QED) is 0.347. The van der Waals surface area contributed by atoms with E-state index in [4.69, 9.17) is 9.47 Å². The minimum absolute atomic E-state index is 0.101. The van der Waals surface area contributed by atoms with Crippen LogP contribution in [0.1, 0.15) is 36.8 Å². The van der Waals surface area contributed by atoms with Crippen molar-refractivity contribution in [3.63, 3.8) is 0 Å². The van der Waals surface area contributed by atoms with Gasteiger partial charge in [-0.2, -0.15) is 0 Å². The van der Waals surface area contributed by atoms with E-state index in [9.17, 15) is 4.79 Å². The number of aryl methyl sites for hydroxylation is 1. The van der Waals surface area contributed by atoms with Gasteiger partial charge in [-0.3, -0.25) is 9.79 Å². The van der Waals surface area contributed by atoms with Crippen LogP contribution in [0.3, 0.4) is 0 Å². The zero-order valence-electron chi connectivity index (χ0n) is 16.6. The highest BCUT2D eigenvalue weighted by atomic mass is 16.5. The zero-order chi connectivity index (χ0) is 19.5. The number of aliphatic imine (C=N–C) groups is 1. The second-order valence-electron chi connectivity index (χ2n) is 6.76. The number of guanidine groups is 1. The van der Waals surface area contributed by atoms with Crippen molar-refractivity contribution in [3.05, 3.63) is 29.3 Å². The standard InChI is InChI=1S/C20H32N4O3/c1-15-8-9-16(18(12-15)27-17-6-4-5-7-17)13-23-20(21-2)24-14-19(25)22-10-11-26-3/h8-9,12,17H,4-7,10-11,13-14H2,1-3H3,(H,22,25)(H2,21,23,24). The topological polar surface area (TPSA) is 84.0 Å². The van der Waals surface area contributed by atoms with Crippen LogP contribution in [0.2, 0.25) is 0 Å². The molecule has 0 radical (unpaired) electrons. The lowest BCUT2D eigenvalue weighted by Gasteiger charge is -2.18. The van der Waals surface area contributed by atoms with Crippen molar-refractivity contribution in [2.24, 2.45) is 4.99 Å². The number of carbonyl (C=O) groups excluding carboxylic acids is 1. The largest absolute Gasteiger partial charge is 0.490 e. The molecule has 0 bridgehead atoms. The third kappa shape index (κ3) is 7.46. The van der Waals surface area contributed by atoms with Crippen LogP contribution in [0.25, 0.3) is 0 Å².